The molecule has 1 aromatic heterocycles. The van der Waals surface area contributed by atoms with Crippen molar-refractivity contribution in [3.63, 3.8) is 0 Å². The lowest BCUT2D eigenvalue weighted by molar-refractivity contribution is -0.117. The van der Waals surface area contributed by atoms with E-state index in [1.54, 1.807) is 27.9 Å². The standard InChI is InChI=1S/C16H19N5O2/c1-11(15-19-17-10-20(15)2)18-16(23)12-6-3-4-7-13(12)21-9-5-8-14(21)22/h3-4,6-7,10-11H,5,8-9H2,1-2H3,(H,18,23). The molecule has 1 atom stereocenters. The number of amides is 2. The minimum absolute atomic E-state index is 0.0617. The van der Waals surface area contributed by atoms with Gasteiger partial charge in [-0.05, 0) is 25.5 Å². The lowest BCUT2D eigenvalue weighted by Crippen LogP contribution is -2.31. The van der Waals surface area contributed by atoms with Crippen LogP contribution in [-0.2, 0) is 11.8 Å². The zero-order valence-electron chi connectivity index (χ0n) is 13.2. The molecule has 1 aromatic carbocycles. The average molecular weight is 313 g/mol. The normalized spacial score (nSPS) is 15.7. The zero-order valence-corrected chi connectivity index (χ0v) is 13.2. The second kappa shape index (κ2) is 6.20. The predicted octanol–water partition coefficient (Wildman–Crippen LogP) is 1.43. The molecule has 1 unspecified atom stereocenters. The average Bonchev–Trinajstić information content (AvgIpc) is 3.15. The Morgan fingerprint density at radius 2 is 2.13 bits per heavy atom. The predicted molar refractivity (Wildman–Crippen MR) is 84.9 cm³/mol. The highest BCUT2D eigenvalue weighted by molar-refractivity contribution is 6.05. The van der Waals surface area contributed by atoms with E-state index in [1.807, 2.05) is 26.1 Å². The summed E-state index contributed by atoms with van der Waals surface area (Å²) < 4.78 is 1.76. The van der Waals surface area contributed by atoms with Crippen LogP contribution in [0.25, 0.3) is 0 Å². The molecule has 1 N–H and O–H groups in total. The van der Waals surface area contributed by atoms with Crippen molar-refractivity contribution in [2.75, 3.05) is 11.4 Å². The van der Waals surface area contributed by atoms with Gasteiger partial charge in [-0.1, -0.05) is 12.1 Å². The second-order valence-corrected chi connectivity index (χ2v) is 5.66. The molecule has 2 heterocycles. The maximum atomic E-state index is 12.6. The van der Waals surface area contributed by atoms with Gasteiger partial charge in [-0.15, -0.1) is 10.2 Å². The fourth-order valence-corrected chi connectivity index (χ4v) is 2.83. The van der Waals surface area contributed by atoms with Crippen LogP contribution in [0.1, 0.15) is 42.0 Å². The van der Waals surface area contributed by atoms with E-state index in [9.17, 15) is 9.59 Å². The molecule has 23 heavy (non-hydrogen) atoms. The van der Waals surface area contributed by atoms with E-state index in [0.717, 1.165) is 6.42 Å². The van der Waals surface area contributed by atoms with E-state index < -0.39 is 0 Å². The third-order valence-electron chi connectivity index (χ3n) is 3.99. The monoisotopic (exact) mass is 313 g/mol. The Hall–Kier alpha value is -2.70. The Morgan fingerprint density at radius 1 is 1.35 bits per heavy atom. The number of carbonyl (C=O) groups excluding carboxylic acids is 2. The molecule has 7 nitrogen and oxygen atoms in total. The van der Waals surface area contributed by atoms with Gasteiger partial charge in [0.25, 0.3) is 5.91 Å². The molecular formula is C16H19N5O2. The maximum absolute atomic E-state index is 12.6. The van der Waals surface area contributed by atoms with E-state index in [0.29, 0.717) is 30.0 Å². The van der Waals surface area contributed by atoms with Crippen molar-refractivity contribution in [3.05, 3.63) is 42.0 Å². The first kappa shape index (κ1) is 15.2. The van der Waals surface area contributed by atoms with Gasteiger partial charge < -0.3 is 14.8 Å². The highest BCUT2D eigenvalue weighted by Crippen LogP contribution is 2.25. The van der Waals surface area contributed by atoms with Gasteiger partial charge in [0, 0.05) is 20.0 Å². The van der Waals surface area contributed by atoms with E-state index in [1.165, 1.54) is 0 Å². The van der Waals surface area contributed by atoms with Crippen LogP contribution in [0.3, 0.4) is 0 Å². The Kier molecular flexibility index (Phi) is 4.10. The summed E-state index contributed by atoms with van der Waals surface area (Å²) >= 11 is 0. The quantitative estimate of drug-likeness (QED) is 0.926. The number of hydrogen-bond acceptors (Lipinski definition) is 4. The highest BCUT2D eigenvalue weighted by Gasteiger charge is 2.26. The number of rotatable bonds is 4. The molecule has 0 bridgehead atoms. The Labute approximate surface area is 134 Å². The van der Waals surface area contributed by atoms with Crippen LogP contribution in [0.5, 0.6) is 0 Å². The number of carbonyl (C=O) groups is 2. The highest BCUT2D eigenvalue weighted by atomic mass is 16.2. The van der Waals surface area contributed by atoms with E-state index in [-0.39, 0.29) is 17.9 Å². The lowest BCUT2D eigenvalue weighted by Gasteiger charge is -2.20. The van der Waals surface area contributed by atoms with Crippen LogP contribution in [0.2, 0.25) is 0 Å². The van der Waals surface area contributed by atoms with Gasteiger partial charge in [0.2, 0.25) is 5.91 Å². The summed E-state index contributed by atoms with van der Waals surface area (Å²) in [5.74, 6) is 0.510. The van der Waals surface area contributed by atoms with Gasteiger partial charge in [-0.25, -0.2) is 0 Å². The van der Waals surface area contributed by atoms with Crippen molar-refractivity contribution >= 4 is 17.5 Å². The first-order chi connectivity index (χ1) is 11.1. The van der Waals surface area contributed by atoms with E-state index >= 15 is 0 Å². The van der Waals surface area contributed by atoms with Crippen LogP contribution < -0.4 is 10.2 Å². The molecular weight excluding hydrogens is 294 g/mol. The molecule has 7 heteroatoms. The Morgan fingerprint density at radius 3 is 2.78 bits per heavy atom. The minimum atomic E-state index is -0.280. The summed E-state index contributed by atoms with van der Waals surface area (Å²) in [4.78, 5) is 26.3. The van der Waals surface area contributed by atoms with Gasteiger partial charge in [-0.2, -0.15) is 0 Å². The van der Waals surface area contributed by atoms with Gasteiger partial charge in [0.1, 0.15) is 6.33 Å². The fourth-order valence-electron chi connectivity index (χ4n) is 2.83. The van der Waals surface area contributed by atoms with E-state index in [4.69, 9.17) is 0 Å². The van der Waals surface area contributed by atoms with E-state index in [2.05, 4.69) is 15.5 Å². The largest absolute Gasteiger partial charge is 0.342 e. The summed E-state index contributed by atoms with van der Waals surface area (Å²) in [5.41, 5.74) is 1.16. The van der Waals surface area contributed by atoms with Crippen molar-refractivity contribution in [1.82, 2.24) is 20.1 Å². The van der Waals surface area contributed by atoms with Crippen LogP contribution in [0.15, 0.2) is 30.6 Å². The summed E-state index contributed by atoms with van der Waals surface area (Å²) in [5, 5.41) is 10.7. The van der Waals surface area contributed by atoms with Crippen LogP contribution in [-0.4, -0.2) is 33.1 Å². The fraction of sp³-hybridized carbons (Fsp3) is 0.375. The van der Waals surface area contributed by atoms with Crippen molar-refractivity contribution in [2.24, 2.45) is 7.05 Å². The number of anilines is 1. The summed E-state index contributed by atoms with van der Waals surface area (Å²) in [7, 11) is 1.83. The number of hydrogen-bond donors (Lipinski definition) is 1. The van der Waals surface area contributed by atoms with Gasteiger partial charge in [-0.3, -0.25) is 9.59 Å². The molecule has 3 rings (SSSR count). The van der Waals surface area contributed by atoms with Crippen molar-refractivity contribution in [3.8, 4) is 0 Å². The number of nitrogens with one attached hydrogen (secondary N) is 1. The van der Waals surface area contributed by atoms with Gasteiger partial charge >= 0.3 is 0 Å². The van der Waals surface area contributed by atoms with Crippen molar-refractivity contribution in [2.45, 2.75) is 25.8 Å². The SMILES string of the molecule is CC(NC(=O)c1ccccc1N1CCCC1=O)c1nncn1C. The Balaban J connectivity index is 1.83. The molecule has 2 aromatic rings. The second-order valence-electron chi connectivity index (χ2n) is 5.66. The number of benzene rings is 1. The molecule has 1 saturated heterocycles. The molecule has 0 saturated carbocycles. The minimum Gasteiger partial charge on any atom is -0.342 e. The molecule has 0 aliphatic carbocycles. The van der Waals surface area contributed by atoms with Crippen molar-refractivity contribution < 1.29 is 9.59 Å². The Bertz CT molecular complexity index is 740. The summed E-state index contributed by atoms with van der Waals surface area (Å²) in [6, 6.07) is 6.90. The maximum Gasteiger partial charge on any atom is 0.253 e. The number of para-hydroxylation sites is 1. The third-order valence-corrected chi connectivity index (χ3v) is 3.99. The van der Waals surface area contributed by atoms with Gasteiger partial charge in [0.15, 0.2) is 5.82 Å². The molecule has 2 amide bonds. The molecule has 1 aliphatic rings. The molecule has 0 radical (unpaired) electrons. The lowest BCUT2D eigenvalue weighted by atomic mass is 10.1. The summed E-state index contributed by atoms with van der Waals surface area (Å²) in [6.45, 7) is 2.51. The van der Waals surface area contributed by atoms with Crippen LogP contribution >= 0.6 is 0 Å². The molecule has 0 spiro atoms. The summed E-state index contributed by atoms with van der Waals surface area (Å²) in [6.07, 6.45) is 2.95. The molecule has 120 valence electrons. The van der Waals surface area contributed by atoms with Gasteiger partial charge in [0.05, 0.1) is 17.3 Å². The number of nitrogens with zero attached hydrogens (tertiary/aromatic N) is 4. The topological polar surface area (TPSA) is 80.1 Å². The number of aromatic nitrogens is 3. The first-order valence-electron chi connectivity index (χ1n) is 7.62. The van der Waals surface area contributed by atoms with Crippen LogP contribution in [0, 0.1) is 0 Å². The number of aryl methyl sites for hydroxylation is 1. The first-order valence-corrected chi connectivity index (χ1v) is 7.62. The molecule has 1 aliphatic heterocycles. The zero-order chi connectivity index (χ0) is 16.4. The molecule has 1 fully saturated rings. The van der Waals surface area contributed by atoms with Crippen molar-refractivity contribution in [1.29, 1.82) is 0 Å². The van der Waals surface area contributed by atoms with Crippen LogP contribution in [0.4, 0.5) is 5.69 Å². The smallest absolute Gasteiger partial charge is 0.253 e. The third kappa shape index (κ3) is 2.94.